The summed E-state index contributed by atoms with van der Waals surface area (Å²) in [5, 5.41) is 9.35. The molecule has 25 heavy (non-hydrogen) atoms. The molecule has 2 aromatic rings. The summed E-state index contributed by atoms with van der Waals surface area (Å²) in [6.45, 7) is 3.26. The Labute approximate surface area is 156 Å². The van der Waals surface area contributed by atoms with Crippen LogP contribution in [0.1, 0.15) is 13.8 Å². The smallest absolute Gasteiger partial charge is 0.327 e. The fourth-order valence-electron chi connectivity index (χ4n) is 2.51. The summed E-state index contributed by atoms with van der Waals surface area (Å²) in [5.74, 6) is -2.08. The topological polar surface area (TPSA) is 80.7 Å². The van der Waals surface area contributed by atoms with Crippen LogP contribution in [0.25, 0.3) is 11.1 Å². The zero-order valence-electron chi connectivity index (χ0n) is 13.5. The quantitative estimate of drug-likeness (QED) is 0.705. The van der Waals surface area contributed by atoms with Crippen LogP contribution in [0.4, 0.5) is 10.1 Å². The molecule has 2 rings (SSSR count). The van der Waals surface area contributed by atoms with Gasteiger partial charge in [0.05, 0.1) is 0 Å². The van der Waals surface area contributed by atoms with Gasteiger partial charge in [0.2, 0.25) is 0 Å². The molecule has 1 N–H and O–H groups in total. The van der Waals surface area contributed by atoms with Crippen molar-refractivity contribution in [3.63, 3.8) is 0 Å². The fraction of sp³-hybridized carbons (Fsp3) is 0.235. The second-order valence-electron chi connectivity index (χ2n) is 5.74. The molecule has 5 nitrogen and oxygen atoms in total. The highest BCUT2D eigenvalue weighted by atomic mass is 79.9. The number of carbonyl (C=O) groups is 1. The van der Waals surface area contributed by atoms with Crippen molar-refractivity contribution in [3.05, 3.63) is 52.8 Å². The van der Waals surface area contributed by atoms with Gasteiger partial charge in [-0.25, -0.2) is 9.18 Å². The number of carboxylic acids is 1. The van der Waals surface area contributed by atoms with Crippen LogP contribution >= 0.6 is 15.9 Å². The van der Waals surface area contributed by atoms with Gasteiger partial charge >= 0.3 is 5.97 Å². The lowest BCUT2D eigenvalue weighted by atomic mass is 10.0. The summed E-state index contributed by atoms with van der Waals surface area (Å²) in [7, 11) is 0. The largest absolute Gasteiger partial charge is 0.755 e. The molecular weight excluding hydrogens is 413 g/mol. The molecule has 0 aliphatic heterocycles. The van der Waals surface area contributed by atoms with Gasteiger partial charge in [0.25, 0.3) is 0 Å². The van der Waals surface area contributed by atoms with E-state index in [9.17, 15) is 23.1 Å². The minimum Gasteiger partial charge on any atom is -0.755 e. The van der Waals surface area contributed by atoms with Crippen molar-refractivity contribution in [2.45, 2.75) is 19.9 Å². The van der Waals surface area contributed by atoms with E-state index in [1.54, 1.807) is 38.1 Å². The number of nitrogens with zero attached hydrogens (tertiary/aromatic N) is 1. The van der Waals surface area contributed by atoms with Gasteiger partial charge in [0.15, 0.2) is 0 Å². The third kappa shape index (κ3) is 4.45. The fourth-order valence-corrected chi connectivity index (χ4v) is 3.65. The molecule has 0 radical (unpaired) electrons. The molecule has 0 heterocycles. The maximum absolute atomic E-state index is 14.0. The molecule has 0 aliphatic rings. The zero-order valence-corrected chi connectivity index (χ0v) is 15.9. The molecule has 8 heteroatoms. The molecule has 2 unspecified atom stereocenters. The molecule has 0 amide bonds. The lowest BCUT2D eigenvalue weighted by Crippen LogP contribution is -2.45. The van der Waals surface area contributed by atoms with E-state index >= 15 is 0 Å². The third-order valence-electron chi connectivity index (χ3n) is 3.66. The Morgan fingerprint density at radius 1 is 1.24 bits per heavy atom. The number of rotatable bonds is 6. The van der Waals surface area contributed by atoms with Crippen molar-refractivity contribution in [2.24, 2.45) is 5.92 Å². The standard InChI is InChI=1S/C17H17BrFNO4S/c1-10(2)16(17(21)22)20(25(23)24)13-6-3-11(4-7-13)14-8-5-12(18)9-15(14)19/h3-10,16H,1-2H3,(H,21,22)(H,23,24)/p-1. The lowest BCUT2D eigenvalue weighted by molar-refractivity contribution is -0.139. The van der Waals surface area contributed by atoms with Gasteiger partial charge in [-0.15, -0.1) is 0 Å². The summed E-state index contributed by atoms with van der Waals surface area (Å²) in [4.78, 5) is 11.5. The van der Waals surface area contributed by atoms with Crippen LogP contribution < -0.4 is 4.31 Å². The molecule has 0 fully saturated rings. The van der Waals surface area contributed by atoms with Gasteiger partial charge in [-0.1, -0.05) is 48.0 Å². The molecule has 0 bridgehead atoms. The van der Waals surface area contributed by atoms with Crippen molar-refractivity contribution >= 4 is 38.9 Å². The molecule has 134 valence electrons. The minimum atomic E-state index is -2.76. The number of aliphatic carboxylic acids is 1. The molecule has 0 aromatic heterocycles. The van der Waals surface area contributed by atoms with Crippen molar-refractivity contribution < 1.29 is 23.1 Å². The van der Waals surface area contributed by atoms with Gasteiger partial charge in [0.1, 0.15) is 11.9 Å². The molecular formula is C17H16BrFNO4S-. The number of halogens is 2. The van der Waals surface area contributed by atoms with Crippen LogP contribution in [0.3, 0.4) is 0 Å². The lowest BCUT2D eigenvalue weighted by Gasteiger charge is -2.34. The highest BCUT2D eigenvalue weighted by Gasteiger charge is 2.30. The highest BCUT2D eigenvalue weighted by Crippen LogP contribution is 2.29. The van der Waals surface area contributed by atoms with E-state index < -0.39 is 35.0 Å². The van der Waals surface area contributed by atoms with Crippen LogP contribution in [0.5, 0.6) is 0 Å². The minimum absolute atomic E-state index is 0.204. The summed E-state index contributed by atoms with van der Waals surface area (Å²) >= 11 is 0.426. The average Bonchev–Trinajstić information content (AvgIpc) is 2.51. The van der Waals surface area contributed by atoms with E-state index in [2.05, 4.69) is 15.9 Å². The summed E-state index contributed by atoms with van der Waals surface area (Å²) < 4.78 is 38.7. The number of hydrogen-bond acceptors (Lipinski definition) is 3. The summed E-state index contributed by atoms with van der Waals surface area (Å²) in [5.41, 5.74) is 1.13. The second kappa shape index (κ2) is 8.07. The molecule has 0 spiro atoms. The molecule has 0 aliphatic carbocycles. The average molecular weight is 429 g/mol. The van der Waals surface area contributed by atoms with E-state index in [-0.39, 0.29) is 5.69 Å². The van der Waals surface area contributed by atoms with Gasteiger partial charge in [-0.05, 0) is 35.7 Å². The number of anilines is 1. The van der Waals surface area contributed by atoms with Crippen LogP contribution in [0.15, 0.2) is 46.9 Å². The van der Waals surface area contributed by atoms with Gasteiger partial charge in [-0.2, -0.15) is 0 Å². The Morgan fingerprint density at radius 3 is 2.28 bits per heavy atom. The van der Waals surface area contributed by atoms with Crippen LogP contribution in [-0.4, -0.2) is 25.9 Å². The zero-order chi connectivity index (χ0) is 18.7. The molecule has 0 saturated heterocycles. The van der Waals surface area contributed by atoms with Crippen LogP contribution in [-0.2, 0) is 16.1 Å². The number of hydrogen-bond donors (Lipinski definition) is 1. The van der Waals surface area contributed by atoms with E-state index in [1.807, 2.05) is 0 Å². The number of benzene rings is 2. The van der Waals surface area contributed by atoms with E-state index in [1.165, 1.54) is 18.2 Å². The Hall–Kier alpha value is -1.77. The Bertz CT molecular complexity index is 798. The Kier molecular flexibility index (Phi) is 6.31. The maximum Gasteiger partial charge on any atom is 0.327 e. The summed E-state index contributed by atoms with van der Waals surface area (Å²) in [6.07, 6.45) is 0. The maximum atomic E-state index is 14.0. The van der Waals surface area contributed by atoms with Crippen LogP contribution in [0, 0.1) is 11.7 Å². The normalized spacial score (nSPS) is 13.5. The van der Waals surface area contributed by atoms with Crippen molar-refractivity contribution in [1.82, 2.24) is 0 Å². The number of carboxylic acid groups (broad SMARTS) is 1. The second-order valence-corrected chi connectivity index (χ2v) is 7.48. The first-order chi connectivity index (χ1) is 11.7. The van der Waals surface area contributed by atoms with Crippen LogP contribution in [0.2, 0.25) is 0 Å². The van der Waals surface area contributed by atoms with Gasteiger partial charge in [0, 0.05) is 27.0 Å². The Morgan fingerprint density at radius 2 is 1.84 bits per heavy atom. The van der Waals surface area contributed by atoms with E-state index in [4.69, 9.17) is 0 Å². The monoisotopic (exact) mass is 428 g/mol. The summed E-state index contributed by atoms with van der Waals surface area (Å²) in [6, 6.07) is 9.45. The predicted molar refractivity (Wildman–Crippen MR) is 97.2 cm³/mol. The highest BCUT2D eigenvalue weighted by molar-refractivity contribution is 9.10. The first-order valence-electron chi connectivity index (χ1n) is 7.39. The van der Waals surface area contributed by atoms with Gasteiger partial charge < -0.3 is 9.66 Å². The van der Waals surface area contributed by atoms with Gasteiger partial charge in [-0.3, -0.25) is 8.51 Å². The van der Waals surface area contributed by atoms with E-state index in [0.29, 0.717) is 15.6 Å². The van der Waals surface area contributed by atoms with Crippen molar-refractivity contribution in [2.75, 3.05) is 4.31 Å². The van der Waals surface area contributed by atoms with Crippen molar-refractivity contribution in [3.8, 4) is 11.1 Å². The predicted octanol–water partition coefficient (Wildman–Crippen LogP) is 3.96. The SMILES string of the molecule is CC(C)C(C(=O)O)N(c1ccc(-c2ccc(Br)cc2F)cc1)S(=O)[O-]. The Balaban J connectivity index is 2.42. The van der Waals surface area contributed by atoms with E-state index in [0.717, 1.165) is 4.31 Å². The first-order valence-corrected chi connectivity index (χ1v) is 9.21. The first kappa shape index (κ1) is 19.6. The van der Waals surface area contributed by atoms with Crippen molar-refractivity contribution in [1.29, 1.82) is 0 Å². The molecule has 2 aromatic carbocycles. The molecule has 2 atom stereocenters. The molecule has 0 saturated carbocycles. The third-order valence-corrected chi connectivity index (χ3v) is 4.91.